The predicted octanol–water partition coefficient (Wildman–Crippen LogP) is 5.04. The number of nitrogens with one attached hydrogen (secondary N) is 1. The lowest BCUT2D eigenvalue weighted by Gasteiger charge is -2.19. The molecule has 0 atom stereocenters. The van der Waals surface area contributed by atoms with Crippen LogP contribution in [0.25, 0.3) is 16.5 Å². The Morgan fingerprint density at radius 3 is 2.67 bits per heavy atom. The number of benzene rings is 3. The van der Waals surface area contributed by atoms with Gasteiger partial charge in [-0.2, -0.15) is 4.98 Å². The molecule has 0 saturated carbocycles. The first kappa shape index (κ1) is 27.8. The van der Waals surface area contributed by atoms with Crippen LogP contribution in [0.1, 0.15) is 17.5 Å². The monoisotopic (exact) mass is 587 g/mol. The van der Waals surface area contributed by atoms with Crippen molar-refractivity contribution in [1.29, 1.82) is 0 Å². The van der Waals surface area contributed by atoms with Crippen LogP contribution in [0.15, 0.2) is 82.7 Å². The van der Waals surface area contributed by atoms with Crippen molar-refractivity contribution >= 4 is 22.4 Å². The van der Waals surface area contributed by atoms with Gasteiger partial charge < -0.3 is 14.8 Å². The lowest BCUT2D eigenvalue weighted by Crippen LogP contribution is -2.42. The molecule has 0 unspecified atom stereocenters. The van der Waals surface area contributed by atoms with Gasteiger partial charge in [0.2, 0.25) is 5.95 Å². The molecule has 0 spiro atoms. The van der Waals surface area contributed by atoms with Gasteiger partial charge in [-0.3, -0.25) is 9.55 Å². The summed E-state index contributed by atoms with van der Waals surface area (Å²) in [6, 6.07) is 11.5. The molecule has 0 radical (unpaired) electrons. The first-order valence-electron chi connectivity index (χ1n) is 13.3. The Labute approximate surface area is 242 Å². The maximum atomic E-state index is 14.8. The summed E-state index contributed by atoms with van der Waals surface area (Å²) in [4.78, 5) is 36.1. The molecule has 43 heavy (non-hydrogen) atoms. The number of rotatable bonds is 3. The normalized spacial score (nSPS) is 13.7. The SMILES string of the molecule is COc1ccc2c(c1)OCC/C=C\Cc1cccc3cncc(c13)-n1c(=O)nc(n(Cc3cc(F)c(F)cc3F)c1=O)N2. The van der Waals surface area contributed by atoms with Gasteiger partial charge in [0, 0.05) is 34.7 Å². The zero-order valence-corrected chi connectivity index (χ0v) is 22.8. The van der Waals surface area contributed by atoms with Gasteiger partial charge in [0.1, 0.15) is 17.3 Å². The Hall–Kier alpha value is -5.39. The average molecular weight is 588 g/mol. The highest BCUT2D eigenvalue weighted by molar-refractivity contribution is 5.92. The third-order valence-corrected chi connectivity index (χ3v) is 7.06. The summed E-state index contributed by atoms with van der Waals surface area (Å²) in [5, 5.41) is 4.23. The van der Waals surface area contributed by atoms with E-state index >= 15 is 0 Å². The molecule has 7 rings (SSSR count). The minimum atomic E-state index is -1.38. The van der Waals surface area contributed by atoms with Crippen molar-refractivity contribution in [1.82, 2.24) is 19.1 Å². The van der Waals surface area contributed by atoms with Gasteiger partial charge in [0.25, 0.3) is 0 Å². The summed E-state index contributed by atoms with van der Waals surface area (Å²) in [6.45, 7) is -0.289. The van der Waals surface area contributed by atoms with Crippen LogP contribution >= 0.6 is 0 Å². The first-order chi connectivity index (χ1) is 20.8. The fourth-order valence-corrected chi connectivity index (χ4v) is 4.96. The predicted molar refractivity (Wildman–Crippen MR) is 154 cm³/mol. The Morgan fingerprint density at radius 2 is 1.84 bits per heavy atom. The highest BCUT2D eigenvalue weighted by Gasteiger charge is 2.21. The van der Waals surface area contributed by atoms with Crippen LogP contribution in [0.3, 0.4) is 0 Å². The number of anilines is 2. The van der Waals surface area contributed by atoms with Gasteiger partial charge >= 0.3 is 11.4 Å². The molecule has 4 heterocycles. The Kier molecular flexibility index (Phi) is 7.41. The summed E-state index contributed by atoms with van der Waals surface area (Å²) in [5.74, 6) is -3.19. The van der Waals surface area contributed by atoms with Crippen molar-refractivity contribution < 1.29 is 22.6 Å². The second kappa shape index (κ2) is 11.5. The molecule has 12 heteroatoms. The Balaban J connectivity index is 1.64. The summed E-state index contributed by atoms with van der Waals surface area (Å²) in [6.07, 6.45) is 8.01. The summed E-state index contributed by atoms with van der Waals surface area (Å²) in [7, 11) is 1.50. The fraction of sp³-hybridized carbons (Fsp3) is 0.161. The van der Waals surface area contributed by atoms with E-state index in [9.17, 15) is 22.8 Å². The molecule has 2 bridgehead atoms. The Bertz CT molecular complexity index is 2020. The van der Waals surface area contributed by atoms with Crippen LogP contribution in [0, 0.1) is 17.5 Å². The largest absolute Gasteiger partial charge is 0.497 e. The van der Waals surface area contributed by atoms with Crippen molar-refractivity contribution in [3.05, 3.63) is 123 Å². The van der Waals surface area contributed by atoms with E-state index < -0.39 is 35.4 Å². The van der Waals surface area contributed by atoms with Crippen LogP contribution < -0.4 is 26.2 Å². The standard InChI is InChI=1S/C31H24F3N5O4/c1-42-21-9-10-25-27(13-21)43-11-4-2-3-6-18-7-5-8-19-15-35-16-26(28(18)19)39-30(40)37-29(36-25)38(31(39)41)17-20-12-23(33)24(34)14-22(20)32/h2-3,5,7-10,12-16H,4,6,11,17H2,1H3,(H,36,37,40)/b3-2-. The molecule has 1 N–H and O–H groups in total. The van der Waals surface area contributed by atoms with E-state index in [0.717, 1.165) is 14.7 Å². The van der Waals surface area contributed by atoms with Crippen molar-refractivity contribution in [3.8, 4) is 17.2 Å². The molecule has 218 valence electrons. The lowest BCUT2D eigenvalue weighted by molar-refractivity contribution is 0.323. The number of methoxy groups -OCH3 is 1. The molecule has 0 fully saturated rings. The van der Waals surface area contributed by atoms with Crippen LogP contribution in [-0.2, 0) is 13.0 Å². The van der Waals surface area contributed by atoms with E-state index in [0.29, 0.717) is 59.5 Å². The fourth-order valence-electron chi connectivity index (χ4n) is 4.96. The van der Waals surface area contributed by atoms with Gasteiger partial charge in [-0.15, -0.1) is 0 Å². The number of pyridine rings is 1. The maximum Gasteiger partial charge on any atom is 0.359 e. The number of hydrogen-bond acceptors (Lipinski definition) is 7. The zero-order valence-electron chi connectivity index (χ0n) is 22.8. The Morgan fingerprint density at radius 1 is 1.00 bits per heavy atom. The smallest absolute Gasteiger partial charge is 0.359 e. The van der Waals surface area contributed by atoms with Gasteiger partial charge in [-0.05, 0) is 36.6 Å². The van der Waals surface area contributed by atoms with Crippen molar-refractivity contribution in [2.45, 2.75) is 19.4 Å². The van der Waals surface area contributed by atoms with E-state index in [1.165, 1.54) is 13.3 Å². The third kappa shape index (κ3) is 5.34. The lowest BCUT2D eigenvalue weighted by atomic mass is 10.0. The summed E-state index contributed by atoms with van der Waals surface area (Å²) >= 11 is 0. The second-order valence-corrected chi connectivity index (χ2v) is 9.75. The van der Waals surface area contributed by atoms with Crippen molar-refractivity contribution in [3.63, 3.8) is 0 Å². The number of fused-ring (bicyclic) bond motifs is 6. The van der Waals surface area contributed by atoms with E-state index in [-0.39, 0.29) is 17.2 Å². The van der Waals surface area contributed by atoms with Crippen LogP contribution in [0.4, 0.5) is 24.8 Å². The molecule has 2 aliphatic rings. The average Bonchev–Trinajstić information content (AvgIpc) is 2.99. The topological polar surface area (TPSA) is 100 Å². The quantitative estimate of drug-likeness (QED) is 0.233. The number of aromatic nitrogens is 4. The number of hydrogen-bond donors (Lipinski definition) is 1. The molecule has 9 nitrogen and oxygen atoms in total. The molecular weight excluding hydrogens is 563 g/mol. The first-order valence-corrected chi connectivity index (χ1v) is 13.3. The van der Waals surface area contributed by atoms with E-state index in [2.05, 4.69) is 15.3 Å². The van der Waals surface area contributed by atoms with Crippen molar-refractivity contribution in [2.75, 3.05) is 19.0 Å². The molecule has 3 aromatic carbocycles. The number of allylic oxidation sites excluding steroid dienone is 1. The zero-order chi connectivity index (χ0) is 30.1. The van der Waals surface area contributed by atoms with E-state index in [4.69, 9.17) is 9.47 Å². The molecule has 0 aliphatic carbocycles. The highest BCUT2D eigenvalue weighted by Crippen LogP contribution is 2.32. The maximum absolute atomic E-state index is 14.8. The molecule has 2 aromatic heterocycles. The summed E-state index contributed by atoms with van der Waals surface area (Å²) in [5.41, 5.74) is -0.851. The molecule has 2 aliphatic heterocycles. The molecule has 0 amide bonds. The molecule has 5 aromatic rings. The highest BCUT2D eigenvalue weighted by atomic mass is 19.2. The third-order valence-electron chi connectivity index (χ3n) is 7.06. The molecule has 0 saturated heterocycles. The molecular formula is C31H24F3N5O4. The van der Waals surface area contributed by atoms with Crippen LogP contribution in [0.5, 0.6) is 11.5 Å². The van der Waals surface area contributed by atoms with Gasteiger partial charge in [0.05, 0.1) is 37.8 Å². The minimum absolute atomic E-state index is 0.177. The van der Waals surface area contributed by atoms with Crippen LogP contribution in [0.2, 0.25) is 0 Å². The van der Waals surface area contributed by atoms with Gasteiger partial charge in [0.15, 0.2) is 11.6 Å². The van der Waals surface area contributed by atoms with E-state index in [1.54, 1.807) is 30.5 Å². The van der Waals surface area contributed by atoms with Gasteiger partial charge in [-0.1, -0.05) is 30.4 Å². The minimum Gasteiger partial charge on any atom is -0.497 e. The summed E-state index contributed by atoms with van der Waals surface area (Å²) < 4.78 is 55.8. The van der Waals surface area contributed by atoms with E-state index in [1.807, 2.05) is 24.3 Å². The van der Waals surface area contributed by atoms with Crippen LogP contribution in [-0.4, -0.2) is 32.8 Å². The number of ether oxygens (including phenoxy) is 2. The number of halogens is 3. The number of nitrogens with zero attached hydrogens (tertiary/aromatic N) is 4. The van der Waals surface area contributed by atoms with Crippen molar-refractivity contribution in [2.24, 2.45) is 0 Å². The second-order valence-electron chi connectivity index (χ2n) is 9.75. The van der Waals surface area contributed by atoms with Gasteiger partial charge in [-0.25, -0.2) is 27.3 Å².